The molecule has 6 nitrogen and oxygen atoms in total. The Balaban J connectivity index is 1.81. The summed E-state index contributed by atoms with van der Waals surface area (Å²) in [6, 6.07) is 4.36. The molecule has 1 aromatic heterocycles. The van der Waals surface area contributed by atoms with Crippen LogP contribution in [0.15, 0.2) is 18.2 Å². The predicted molar refractivity (Wildman–Crippen MR) is 88.9 cm³/mol. The van der Waals surface area contributed by atoms with Crippen LogP contribution in [0.25, 0.3) is 0 Å². The smallest absolute Gasteiger partial charge is 0.435 e. The van der Waals surface area contributed by atoms with Gasteiger partial charge >= 0.3 is 12.1 Å². The van der Waals surface area contributed by atoms with Crippen molar-refractivity contribution >= 4 is 17.6 Å². The maximum Gasteiger partial charge on any atom is 0.435 e. The highest BCUT2D eigenvalue weighted by molar-refractivity contribution is 6.07. The standard InChI is InChI=1S/C18H16F3N3O3/c19-18(20,21)15-14(24-7-2-1-3-13(24)22-15)16(25)23-8-6-10-4-5-11(17(26)27)9-12(10)23/h4-5,9H,1-3,6-8H2,(H,26,27). The summed E-state index contributed by atoms with van der Waals surface area (Å²) in [7, 11) is 0. The van der Waals surface area contributed by atoms with Crippen molar-refractivity contribution in [1.29, 1.82) is 0 Å². The number of benzene rings is 1. The lowest BCUT2D eigenvalue weighted by atomic mass is 10.1. The van der Waals surface area contributed by atoms with Crippen molar-refractivity contribution in [3.05, 3.63) is 46.5 Å². The topological polar surface area (TPSA) is 75.4 Å². The summed E-state index contributed by atoms with van der Waals surface area (Å²) in [6.07, 6.45) is -2.46. The second-order valence-electron chi connectivity index (χ2n) is 6.69. The van der Waals surface area contributed by atoms with E-state index in [1.54, 1.807) is 6.07 Å². The van der Waals surface area contributed by atoms with Gasteiger partial charge in [-0.05, 0) is 37.0 Å². The van der Waals surface area contributed by atoms with Crippen LogP contribution in [0.1, 0.15) is 50.8 Å². The number of carboxylic acid groups (broad SMARTS) is 1. The van der Waals surface area contributed by atoms with Crippen molar-refractivity contribution in [2.45, 2.75) is 38.4 Å². The highest BCUT2D eigenvalue weighted by Crippen LogP contribution is 2.37. The van der Waals surface area contributed by atoms with E-state index in [9.17, 15) is 22.8 Å². The number of carbonyl (C=O) groups excluding carboxylic acids is 1. The van der Waals surface area contributed by atoms with Crippen molar-refractivity contribution < 1.29 is 27.9 Å². The normalized spacial score (nSPS) is 16.2. The van der Waals surface area contributed by atoms with Gasteiger partial charge in [0.25, 0.3) is 5.91 Å². The van der Waals surface area contributed by atoms with Crippen molar-refractivity contribution in [2.75, 3.05) is 11.4 Å². The molecule has 3 heterocycles. The maximum absolute atomic E-state index is 13.5. The number of rotatable bonds is 2. The van der Waals surface area contributed by atoms with Crippen LogP contribution in [0.3, 0.4) is 0 Å². The Morgan fingerprint density at radius 1 is 1.11 bits per heavy atom. The fourth-order valence-corrected chi connectivity index (χ4v) is 3.75. The van der Waals surface area contributed by atoms with Gasteiger partial charge in [0.1, 0.15) is 11.5 Å². The van der Waals surface area contributed by atoms with Gasteiger partial charge in [0.05, 0.1) is 5.56 Å². The zero-order valence-corrected chi connectivity index (χ0v) is 14.2. The third kappa shape index (κ3) is 2.87. The molecule has 0 aliphatic carbocycles. The monoisotopic (exact) mass is 379 g/mol. The molecule has 1 N–H and O–H groups in total. The van der Waals surface area contributed by atoms with Gasteiger partial charge in [0, 0.05) is 25.2 Å². The first-order valence-corrected chi connectivity index (χ1v) is 8.62. The number of imidazole rings is 1. The van der Waals surface area contributed by atoms with Gasteiger partial charge in [0.2, 0.25) is 0 Å². The van der Waals surface area contributed by atoms with Gasteiger partial charge in [0.15, 0.2) is 5.69 Å². The van der Waals surface area contributed by atoms with Crippen molar-refractivity contribution in [3.8, 4) is 0 Å². The molecule has 9 heteroatoms. The minimum Gasteiger partial charge on any atom is -0.478 e. The van der Waals surface area contributed by atoms with Crippen LogP contribution in [-0.2, 0) is 25.6 Å². The highest BCUT2D eigenvalue weighted by Gasteiger charge is 2.43. The third-order valence-electron chi connectivity index (χ3n) is 5.02. The van der Waals surface area contributed by atoms with E-state index in [0.717, 1.165) is 12.0 Å². The molecule has 2 aliphatic heterocycles. The Labute approximate surface area is 152 Å². The number of hydrogen-bond acceptors (Lipinski definition) is 3. The number of amides is 1. The molecule has 1 aromatic carbocycles. The number of carboxylic acids is 1. The number of aromatic carboxylic acids is 1. The van der Waals surface area contributed by atoms with Gasteiger partial charge in [-0.3, -0.25) is 4.79 Å². The Morgan fingerprint density at radius 3 is 2.59 bits per heavy atom. The lowest BCUT2D eigenvalue weighted by Gasteiger charge is -2.21. The molecule has 1 amide bonds. The second kappa shape index (κ2) is 6.11. The molecule has 2 aromatic rings. The first-order chi connectivity index (χ1) is 12.8. The lowest BCUT2D eigenvalue weighted by Crippen LogP contribution is -2.33. The minimum absolute atomic E-state index is 0.0141. The third-order valence-corrected chi connectivity index (χ3v) is 5.02. The van der Waals surface area contributed by atoms with E-state index in [4.69, 9.17) is 5.11 Å². The zero-order valence-electron chi connectivity index (χ0n) is 14.2. The number of carbonyl (C=O) groups is 2. The summed E-state index contributed by atoms with van der Waals surface area (Å²) in [6.45, 7) is 0.518. The quantitative estimate of drug-likeness (QED) is 0.870. The highest BCUT2D eigenvalue weighted by atomic mass is 19.4. The molecule has 0 saturated heterocycles. The van der Waals surface area contributed by atoms with E-state index in [2.05, 4.69) is 4.98 Å². The average Bonchev–Trinajstić information content (AvgIpc) is 3.22. The predicted octanol–water partition coefficient (Wildman–Crippen LogP) is 3.14. The minimum atomic E-state index is -4.74. The van der Waals surface area contributed by atoms with Crippen LogP contribution < -0.4 is 4.90 Å². The van der Waals surface area contributed by atoms with Crippen molar-refractivity contribution in [1.82, 2.24) is 9.55 Å². The zero-order chi connectivity index (χ0) is 19.3. The first-order valence-electron chi connectivity index (χ1n) is 8.62. The molecule has 0 saturated carbocycles. The summed E-state index contributed by atoms with van der Waals surface area (Å²) in [5, 5.41) is 9.17. The largest absolute Gasteiger partial charge is 0.478 e. The van der Waals surface area contributed by atoms with Crippen molar-refractivity contribution in [2.24, 2.45) is 0 Å². The van der Waals surface area contributed by atoms with Gasteiger partial charge in [-0.1, -0.05) is 6.07 Å². The molecule has 0 atom stereocenters. The molecule has 0 radical (unpaired) electrons. The van der Waals surface area contributed by atoms with Gasteiger partial charge in [-0.2, -0.15) is 13.2 Å². The Hall–Kier alpha value is -2.84. The van der Waals surface area contributed by atoms with E-state index >= 15 is 0 Å². The number of halogens is 3. The number of nitrogens with zero attached hydrogens (tertiary/aromatic N) is 3. The van der Waals surface area contributed by atoms with Gasteiger partial charge in [-0.25, -0.2) is 9.78 Å². The summed E-state index contributed by atoms with van der Waals surface area (Å²) >= 11 is 0. The summed E-state index contributed by atoms with van der Waals surface area (Å²) in [5.74, 6) is -1.67. The van der Waals surface area contributed by atoms with E-state index in [0.29, 0.717) is 31.5 Å². The van der Waals surface area contributed by atoms with E-state index in [-0.39, 0.29) is 17.9 Å². The lowest BCUT2D eigenvalue weighted by molar-refractivity contribution is -0.141. The number of aromatic nitrogens is 2. The second-order valence-corrected chi connectivity index (χ2v) is 6.69. The molecule has 27 heavy (non-hydrogen) atoms. The molecule has 0 bridgehead atoms. The Bertz CT molecular complexity index is 949. The van der Waals surface area contributed by atoms with Crippen LogP contribution in [-0.4, -0.2) is 33.1 Å². The Morgan fingerprint density at radius 2 is 1.89 bits per heavy atom. The number of fused-ring (bicyclic) bond motifs is 2. The van der Waals surface area contributed by atoms with Gasteiger partial charge < -0.3 is 14.6 Å². The summed E-state index contributed by atoms with van der Waals surface area (Å²) < 4.78 is 41.9. The van der Waals surface area contributed by atoms with E-state index < -0.39 is 29.4 Å². The van der Waals surface area contributed by atoms with Gasteiger partial charge in [-0.15, -0.1) is 0 Å². The molecule has 0 fully saturated rings. The molecule has 142 valence electrons. The molecule has 0 unspecified atom stereocenters. The summed E-state index contributed by atoms with van der Waals surface area (Å²) in [4.78, 5) is 29.3. The van der Waals surface area contributed by atoms with Crippen LogP contribution in [0.2, 0.25) is 0 Å². The molecule has 2 aliphatic rings. The van der Waals surface area contributed by atoms with Crippen LogP contribution in [0.5, 0.6) is 0 Å². The fraction of sp³-hybridized carbons (Fsp3) is 0.389. The van der Waals surface area contributed by atoms with Crippen molar-refractivity contribution in [3.63, 3.8) is 0 Å². The van der Waals surface area contributed by atoms with Crippen LogP contribution >= 0.6 is 0 Å². The van der Waals surface area contributed by atoms with Crippen LogP contribution in [0, 0.1) is 0 Å². The maximum atomic E-state index is 13.5. The van der Waals surface area contributed by atoms with E-state index in [1.807, 2.05) is 0 Å². The molecular weight excluding hydrogens is 363 g/mol. The Kier molecular flexibility index (Phi) is 3.97. The summed E-state index contributed by atoms with van der Waals surface area (Å²) in [5.41, 5.74) is -0.544. The molecular formula is C18H16F3N3O3. The number of anilines is 1. The first kappa shape index (κ1) is 17.6. The van der Waals surface area contributed by atoms with E-state index in [1.165, 1.54) is 21.6 Å². The fourth-order valence-electron chi connectivity index (χ4n) is 3.75. The number of alkyl halides is 3. The SMILES string of the molecule is O=C(O)c1ccc2c(c1)N(C(=O)c1c(C(F)(F)F)nc3n1CCCC3)CC2. The number of hydrogen-bond donors (Lipinski definition) is 1. The molecule has 4 rings (SSSR count). The molecule has 0 spiro atoms. The van der Waals surface area contributed by atoms with Crippen LogP contribution in [0.4, 0.5) is 18.9 Å². The number of aryl methyl sites for hydroxylation is 1. The average molecular weight is 379 g/mol.